The van der Waals surface area contributed by atoms with E-state index in [-0.39, 0.29) is 18.0 Å². The molecule has 0 saturated carbocycles. The van der Waals surface area contributed by atoms with Crippen LogP contribution in [-0.4, -0.2) is 36.5 Å². The Hall–Kier alpha value is -4.00. The first kappa shape index (κ1) is 24.1. The molecule has 3 aromatic rings. The zero-order chi connectivity index (χ0) is 24.8. The lowest BCUT2D eigenvalue weighted by molar-refractivity contribution is 0.0743. The van der Waals surface area contributed by atoms with Crippen molar-refractivity contribution in [3.8, 4) is 11.5 Å². The molecule has 1 atom stereocenters. The number of nitrogens with zero attached hydrogens (tertiary/aromatic N) is 1. The van der Waals surface area contributed by atoms with E-state index < -0.39 is 0 Å². The fraction of sp³-hybridized carbons (Fsp3) is 0.286. The van der Waals surface area contributed by atoms with E-state index in [9.17, 15) is 9.59 Å². The number of nitrogens with one attached hydrogen (secondary N) is 2. The van der Waals surface area contributed by atoms with Gasteiger partial charge in [0.05, 0.1) is 13.2 Å². The van der Waals surface area contributed by atoms with Crippen molar-refractivity contribution in [2.24, 2.45) is 0 Å². The molecule has 0 fully saturated rings. The molecule has 7 heteroatoms. The molecule has 2 N–H and O–H groups in total. The van der Waals surface area contributed by atoms with Gasteiger partial charge in [0.1, 0.15) is 17.7 Å². The monoisotopic (exact) mass is 473 g/mol. The molecule has 2 amide bonds. The fourth-order valence-electron chi connectivity index (χ4n) is 4.16. The number of hydrogen-bond donors (Lipinski definition) is 2. The lowest BCUT2D eigenvalue weighted by atomic mass is 10.0. The molecular weight excluding hydrogens is 442 g/mol. The van der Waals surface area contributed by atoms with Gasteiger partial charge < -0.3 is 25.0 Å². The molecule has 182 valence electrons. The third-order valence-electron chi connectivity index (χ3n) is 5.77. The first-order chi connectivity index (χ1) is 17.0. The summed E-state index contributed by atoms with van der Waals surface area (Å²) < 4.78 is 11.0. The number of benzene rings is 3. The molecule has 1 unspecified atom stereocenters. The maximum absolute atomic E-state index is 13.3. The molecule has 0 aromatic heterocycles. The second-order valence-electron chi connectivity index (χ2n) is 8.22. The number of rotatable bonds is 10. The van der Waals surface area contributed by atoms with E-state index in [0.29, 0.717) is 36.6 Å². The Kier molecular flexibility index (Phi) is 7.55. The normalized spacial score (nSPS) is 14.4. The molecule has 3 aromatic carbocycles. The Labute approximate surface area is 206 Å². The second-order valence-corrected chi connectivity index (χ2v) is 8.22. The topological polar surface area (TPSA) is 79.9 Å². The molecule has 0 aliphatic carbocycles. The van der Waals surface area contributed by atoms with E-state index in [4.69, 9.17) is 9.47 Å². The summed E-state index contributed by atoms with van der Waals surface area (Å²) >= 11 is 0. The molecule has 1 aliphatic heterocycles. The van der Waals surface area contributed by atoms with Gasteiger partial charge in [-0.05, 0) is 80.9 Å². The minimum Gasteiger partial charge on any atom is -0.494 e. The van der Waals surface area contributed by atoms with Crippen LogP contribution in [0.25, 0.3) is 0 Å². The fourth-order valence-corrected chi connectivity index (χ4v) is 4.16. The quantitative estimate of drug-likeness (QED) is 0.394. The van der Waals surface area contributed by atoms with Crippen LogP contribution in [0.5, 0.6) is 11.5 Å². The van der Waals surface area contributed by atoms with E-state index in [0.717, 1.165) is 29.2 Å². The van der Waals surface area contributed by atoms with Gasteiger partial charge in [-0.25, -0.2) is 0 Å². The van der Waals surface area contributed by atoms with Crippen LogP contribution in [0.2, 0.25) is 0 Å². The third kappa shape index (κ3) is 5.40. The predicted molar refractivity (Wildman–Crippen MR) is 137 cm³/mol. The van der Waals surface area contributed by atoms with Gasteiger partial charge in [0.25, 0.3) is 11.8 Å². The third-order valence-corrected chi connectivity index (χ3v) is 5.77. The van der Waals surface area contributed by atoms with Crippen molar-refractivity contribution in [2.75, 3.05) is 30.4 Å². The van der Waals surface area contributed by atoms with Gasteiger partial charge in [-0.3, -0.25) is 9.59 Å². The standard InChI is InChI=1S/C28H31N3O4/c1-4-17-31-26(29-20-8-12-22(13-9-20)34-5-2)24-16-7-19(18-25(24)28(31)33)27(32)30-21-10-14-23(15-11-21)35-6-3/h7-16,18,26,29H,4-6,17H2,1-3H3,(H,30,32). The molecule has 0 saturated heterocycles. The van der Waals surface area contributed by atoms with Crippen LogP contribution in [0, 0.1) is 0 Å². The van der Waals surface area contributed by atoms with E-state index in [2.05, 4.69) is 10.6 Å². The molecule has 7 nitrogen and oxygen atoms in total. The maximum Gasteiger partial charge on any atom is 0.256 e. The summed E-state index contributed by atoms with van der Waals surface area (Å²) in [5.74, 6) is 1.20. The van der Waals surface area contributed by atoms with E-state index in [1.54, 1.807) is 24.3 Å². The van der Waals surface area contributed by atoms with Gasteiger partial charge in [0, 0.05) is 34.6 Å². The van der Waals surface area contributed by atoms with E-state index in [1.165, 1.54) is 0 Å². The SMILES string of the molecule is CCCN1C(=O)c2cc(C(=O)Nc3ccc(OCC)cc3)ccc2C1Nc1ccc(OCC)cc1. The van der Waals surface area contributed by atoms with E-state index >= 15 is 0 Å². The van der Waals surface area contributed by atoms with Crippen LogP contribution in [-0.2, 0) is 0 Å². The number of fused-ring (bicyclic) bond motifs is 1. The molecule has 0 spiro atoms. The van der Waals surface area contributed by atoms with Crippen LogP contribution >= 0.6 is 0 Å². The van der Waals surface area contributed by atoms with Crippen molar-refractivity contribution in [2.45, 2.75) is 33.4 Å². The first-order valence-corrected chi connectivity index (χ1v) is 12.0. The lowest BCUT2D eigenvalue weighted by Crippen LogP contribution is -2.32. The number of amides is 2. The largest absolute Gasteiger partial charge is 0.494 e. The van der Waals surface area contributed by atoms with Gasteiger partial charge >= 0.3 is 0 Å². The number of hydrogen-bond acceptors (Lipinski definition) is 5. The zero-order valence-corrected chi connectivity index (χ0v) is 20.3. The minimum absolute atomic E-state index is 0.0824. The highest BCUT2D eigenvalue weighted by molar-refractivity contribution is 6.07. The van der Waals surface area contributed by atoms with Crippen molar-refractivity contribution < 1.29 is 19.1 Å². The summed E-state index contributed by atoms with van der Waals surface area (Å²) in [4.78, 5) is 28.0. The van der Waals surface area contributed by atoms with Gasteiger partial charge in [0.15, 0.2) is 0 Å². The average Bonchev–Trinajstić information content (AvgIpc) is 3.12. The Balaban J connectivity index is 1.54. The summed E-state index contributed by atoms with van der Waals surface area (Å²) in [6.45, 7) is 7.71. The van der Waals surface area contributed by atoms with Crippen LogP contribution in [0.1, 0.15) is 59.6 Å². The van der Waals surface area contributed by atoms with Gasteiger partial charge in [-0.2, -0.15) is 0 Å². The number of carbonyl (C=O) groups is 2. The van der Waals surface area contributed by atoms with Gasteiger partial charge in [0.2, 0.25) is 0 Å². The second kappa shape index (κ2) is 11.0. The Morgan fingerprint density at radius 3 is 2.03 bits per heavy atom. The Morgan fingerprint density at radius 1 is 0.857 bits per heavy atom. The smallest absolute Gasteiger partial charge is 0.256 e. The van der Waals surface area contributed by atoms with Crippen molar-refractivity contribution in [1.82, 2.24) is 4.90 Å². The first-order valence-electron chi connectivity index (χ1n) is 12.0. The van der Waals surface area contributed by atoms with Crippen molar-refractivity contribution in [3.63, 3.8) is 0 Å². The molecule has 35 heavy (non-hydrogen) atoms. The number of carbonyl (C=O) groups excluding carboxylic acids is 2. The van der Waals surface area contributed by atoms with Crippen LogP contribution < -0.4 is 20.1 Å². The summed E-state index contributed by atoms with van der Waals surface area (Å²) in [6.07, 6.45) is 0.519. The van der Waals surface area contributed by atoms with Crippen LogP contribution in [0.4, 0.5) is 11.4 Å². The summed E-state index contributed by atoms with van der Waals surface area (Å²) in [5, 5.41) is 6.36. The highest BCUT2D eigenvalue weighted by atomic mass is 16.5. The molecule has 4 rings (SSSR count). The summed E-state index contributed by atoms with van der Waals surface area (Å²) in [7, 11) is 0. The highest BCUT2D eigenvalue weighted by Gasteiger charge is 2.36. The van der Waals surface area contributed by atoms with Crippen molar-refractivity contribution in [3.05, 3.63) is 83.4 Å². The molecule has 1 heterocycles. The predicted octanol–water partition coefficient (Wildman–Crippen LogP) is 5.71. The Bertz CT molecular complexity index is 1180. The molecule has 0 bridgehead atoms. The molecule has 0 radical (unpaired) electrons. The number of anilines is 2. The van der Waals surface area contributed by atoms with Gasteiger partial charge in [-0.15, -0.1) is 0 Å². The van der Waals surface area contributed by atoms with Crippen LogP contribution in [0.3, 0.4) is 0 Å². The number of ether oxygens (including phenoxy) is 2. The summed E-state index contributed by atoms with van der Waals surface area (Å²) in [5.41, 5.74) is 3.38. The zero-order valence-electron chi connectivity index (χ0n) is 20.3. The van der Waals surface area contributed by atoms with Crippen molar-refractivity contribution in [1.29, 1.82) is 0 Å². The van der Waals surface area contributed by atoms with E-state index in [1.807, 2.05) is 68.1 Å². The highest BCUT2D eigenvalue weighted by Crippen LogP contribution is 2.35. The lowest BCUT2D eigenvalue weighted by Gasteiger charge is -2.26. The Morgan fingerprint density at radius 2 is 1.46 bits per heavy atom. The summed E-state index contributed by atoms with van der Waals surface area (Å²) in [6, 6.07) is 20.2. The van der Waals surface area contributed by atoms with Crippen LogP contribution in [0.15, 0.2) is 66.7 Å². The molecular formula is C28H31N3O4. The maximum atomic E-state index is 13.3. The minimum atomic E-state index is -0.307. The average molecular weight is 474 g/mol. The molecule has 1 aliphatic rings. The van der Waals surface area contributed by atoms with Gasteiger partial charge in [-0.1, -0.05) is 13.0 Å². The van der Waals surface area contributed by atoms with Crippen molar-refractivity contribution >= 4 is 23.2 Å².